The second kappa shape index (κ2) is 4.22. The number of aromatic nitrogens is 3. The van der Waals surface area contributed by atoms with E-state index in [1.165, 1.54) is 19.3 Å². The van der Waals surface area contributed by atoms with Crippen LogP contribution in [0.25, 0.3) is 5.65 Å². The summed E-state index contributed by atoms with van der Waals surface area (Å²) in [5, 5.41) is 7.76. The lowest BCUT2D eigenvalue weighted by atomic mass is 9.84. The molecule has 4 nitrogen and oxygen atoms in total. The van der Waals surface area contributed by atoms with Crippen LogP contribution in [0.4, 0.5) is 5.95 Å². The zero-order chi connectivity index (χ0) is 11.7. The Bertz CT molecular complexity index is 479. The fourth-order valence-electron chi connectivity index (χ4n) is 2.17. The van der Waals surface area contributed by atoms with E-state index in [2.05, 4.69) is 21.7 Å². The van der Waals surface area contributed by atoms with Gasteiger partial charge in [-0.25, -0.2) is 4.52 Å². The molecule has 1 saturated carbocycles. The van der Waals surface area contributed by atoms with Crippen molar-refractivity contribution < 1.29 is 0 Å². The predicted molar refractivity (Wildman–Crippen MR) is 71.6 cm³/mol. The predicted octanol–water partition coefficient (Wildman–Crippen LogP) is 2.43. The first-order valence-electron chi connectivity index (χ1n) is 5.92. The average molecular weight is 248 g/mol. The van der Waals surface area contributed by atoms with Crippen molar-refractivity contribution in [1.82, 2.24) is 14.6 Å². The van der Waals surface area contributed by atoms with Crippen molar-refractivity contribution in [2.45, 2.75) is 24.0 Å². The highest BCUT2D eigenvalue weighted by atomic mass is 32.2. The van der Waals surface area contributed by atoms with Gasteiger partial charge in [0.2, 0.25) is 5.95 Å². The van der Waals surface area contributed by atoms with Crippen molar-refractivity contribution in [3.05, 3.63) is 24.4 Å². The fraction of sp³-hybridized carbons (Fsp3) is 0.500. The second-order valence-corrected chi connectivity index (χ2v) is 5.81. The summed E-state index contributed by atoms with van der Waals surface area (Å²) in [6.45, 7) is 0.963. The number of hydrogen-bond acceptors (Lipinski definition) is 4. The lowest BCUT2D eigenvalue weighted by molar-refractivity contribution is 0.379. The molecule has 1 fully saturated rings. The van der Waals surface area contributed by atoms with Crippen LogP contribution in [-0.2, 0) is 0 Å². The quantitative estimate of drug-likeness (QED) is 0.902. The molecule has 0 aliphatic heterocycles. The summed E-state index contributed by atoms with van der Waals surface area (Å²) >= 11 is 1.96. The first kappa shape index (κ1) is 10.9. The van der Waals surface area contributed by atoms with Crippen LogP contribution in [0.2, 0.25) is 0 Å². The van der Waals surface area contributed by atoms with E-state index >= 15 is 0 Å². The van der Waals surface area contributed by atoms with Gasteiger partial charge in [-0.2, -0.15) is 16.7 Å². The number of pyridine rings is 1. The Balaban J connectivity index is 1.72. The number of rotatable bonds is 4. The Hall–Kier alpha value is -1.23. The minimum absolute atomic E-state index is 0.414. The third kappa shape index (κ3) is 1.99. The molecule has 1 aliphatic rings. The van der Waals surface area contributed by atoms with Crippen LogP contribution in [-0.4, -0.2) is 32.1 Å². The van der Waals surface area contributed by atoms with E-state index < -0.39 is 0 Å². The maximum absolute atomic E-state index is 4.44. The van der Waals surface area contributed by atoms with Gasteiger partial charge < -0.3 is 5.32 Å². The van der Waals surface area contributed by atoms with Crippen molar-refractivity contribution >= 4 is 23.4 Å². The van der Waals surface area contributed by atoms with Gasteiger partial charge in [-0.3, -0.25) is 0 Å². The largest absolute Gasteiger partial charge is 0.352 e. The molecule has 0 unspecified atom stereocenters. The summed E-state index contributed by atoms with van der Waals surface area (Å²) in [4.78, 5) is 4.44. The van der Waals surface area contributed by atoms with E-state index in [1.807, 2.05) is 36.2 Å². The maximum atomic E-state index is 4.44. The number of nitrogens with zero attached hydrogens (tertiary/aromatic N) is 3. The lowest BCUT2D eigenvalue weighted by Crippen LogP contribution is -2.40. The van der Waals surface area contributed by atoms with Gasteiger partial charge >= 0.3 is 0 Å². The van der Waals surface area contributed by atoms with Gasteiger partial charge in [-0.1, -0.05) is 12.5 Å². The highest BCUT2D eigenvalue weighted by Crippen LogP contribution is 2.42. The van der Waals surface area contributed by atoms with Crippen LogP contribution in [0.1, 0.15) is 19.3 Å². The molecule has 2 aromatic rings. The Labute approximate surface area is 105 Å². The van der Waals surface area contributed by atoms with E-state index in [9.17, 15) is 0 Å². The molecule has 2 aromatic heterocycles. The van der Waals surface area contributed by atoms with Gasteiger partial charge in [0.1, 0.15) is 0 Å². The van der Waals surface area contributed by atoms with E-state index in [4.69, 9.17) is 0 Å². The minimum Gasteiger partial charge on any atom is -0.352 e. The van der Waals surface area contributed by atoms with Crippen molar-refractivity contribution in [2.24, 2.45) is 0 Å². The SMILES string of the molecule is CSC1(CNc2nc3ccccn3n2)CCC1. The van der Waals surface area contributed by atoms with Gasteiger partial charge in [0.15, 0.2) is 5.65 Å². The third-order valence-corrected chi connectivity index (χ3v) is 4.93. The van der Waals surface area contributed by atoms with Crippen LogP contribution in [0.5, 0.6) is 0 Å². The highest BCUT2D eigenvalue weighted by molar-refractivity contribution is 8.00. The third-order valence-electron chi connectivity index (χ3n) is 3.51. The highest BCUT2D eigenvalue weighted by Gasteiger charge is 2.36. The first-order valence-corrected chi connectivity index (χ1v) is 7.14. The zero-order valence-electron chi connectivity index (χ0n) is 9.89. The monoisotopic (exact) mass is 248 g/mol. The van der Waals surface area contributed by atoms with E-state index in [1.54, 1.807) is 4.52 Å². The molecular weight excluding hydrogens is 232 g/mol. The molecule has 0 aromatic carbocycles. The maximum Gasteiger partial charge on any atom is 0.243 e. The van der Waals surface area contributed by atoms with Crippen molar-refractivity contribution in [1.29, 1.82) is 0 Å². The molecule has 90 valence electrons. The average Bonchev–Trinajstić information content (AvgIpc) is 2.71. The van der Waals surface area contributed by atoms with Gasteiger partial charge in [0.05, 0.1) is 0 Å². The lowest BCUT2D eigenvalue weighted by Gasteiger charge is -2.40. The summed E-state index contributed by atoms with van der Waals surface area (Å²) in [6, 6.07) is 5.90. The summed E-state index contributed by atoms with van der Waals surface area (Å²) in [7, 11) is 0. The van der Waals surface area contributed by atoms with Crippen molar-refractivity contribution in [3.63, 3.8) is 0 Å². The summed E-state index contributed by atoms with van der Waals surface area (Å²) in [6.07, 6.45) is 8.06. The van der Waals surface area contributed by atoms with Crippen molar-refractivity contribution in [3.8, 4) is 0 Å². The second-order valence-electron chi connectivity index (χ2n) is 4.53. The topological polar surface area (TPSA) is 42.2 Å². The van der Waals surface area contributed by atoms with E-state index in [0.29, 0.717) is 4.75 Å². The smallest absolute Gasteiger partial charge is 0.243 e. The Morgan fingerprint density at radius 2 is 2.35 bits per heavy atom. The normalized spacial score (nSPS) is 17.9. The molecule has 0 saturated heterocycles. The molecular formula is C12H16N4S. The van der Waals surface area contributed by atoms with Crippen LogP contribution in [0.3, 0.4) is 0 Å². The first-order chi connectivity index (χ1) is 8.31. The van der Waals surface area contributed by atoms with Crippen molar-refractivity contribution in [2.75, 3.05) is 18.1 Å². The Morgan fingerprint density at radius 1 is 1.47 bits per heavy atom. The van der Waals surface area contributed by atoms with Crippen LogP contribution >= 0.6 is 11.8 Å². The van der Waals surface area contributed by atoms with Gasteiger partial charge in [0.25, 0.3) is 0 Å². The van der Waals surface area contributed by atoms with E-state index in [0.717, 1.165) is 18.1 Å². The van der Waals surface area contributed by atoms with Gasteiger partial charge in [0, 0.05) is 17.5 Å². The molecule has 0 amide bonds. The fourth-order valence-corrected chi connectivity index (χ4v) is 3.08. The number of thioether (sulfide) groups is 1. The number of anilines is 1. The summed E-state index contributed by atoms with van der Waals surface area (Å²) in [5.74, 6) is 0.733. The van der Waals surface area contributed by atoms with Crippen LogP contribution in [0.15, 0.2) is 24.4 Å². The number of nitrogens with one attached hydrogen (secondary N) is 1. The molecule has 17 heavy (non-hydrogen) atoms. The standard InChI is InChI=1S/C12H16N4S/c1-17-12(6-4-7-12)9-13-11-14-10-5-2-3-8-16(10)15-11/h2-3,5,8H,4,6-7,9H2,1H3,(H,13,15). The van der Waals surface area contributed by atoms with Gasteiger partial charge in [-0.05, 0) is 31.2 Å². The molecule has 1 aliphatic carbocycles. The molecule has 0 radical (unpaired) electrons. The molecule has 2 heterocycles. The summed E-state index contributed by atoms with van der Waals surface area (Å²) in [5.41, 5.74) is 0.891. The molecule has 0 bridgehead atoms. The zero-order valence-corrected chi connectivity index (χ0v) is 10.7. The number of hydrogen-bond donors (Lipinski definition) is 1. The summed E-state index contributed by atoms with van der Waals surface area (Å²) < 4.78 is 2.21. The number of fused-ring (bicyclic) bond motifs is 1. The molecule has 0 spiro atoms. The molecule has 5 heteroatoms. The van der Waals surface area contributed by atoms with E-state index in [-0.39, 0.29) is 0 Å². The Kier molecular flexibility index (Phi) is 2.70. The molecule has 0 atom stereocenters. The van der Waals surface area contributed by atoms with Gasteiger partial charge in [-0.15, -0.1) is 5.10 Å². The Morgan fingerprint density at radius 3 is 3.00 bits per heavy atom. The van der Waals surface area contributed by atoms with Crippen LogP contribution in [0, 0.1) is 0 Å². The molecule has 1 N–H and O–H groups in total. The molecule has 3 rings (SSSR count). The van der Waals surface area contributed by atoms with Crippen LogP contribution < -0.4 is 5.32 Å². The minimum atomic E-state index is 0.414.